The molecule has 2 aromatic carbocycles. The Morgan fingerprint density at radius 2 is 1.74 bits per heavy atom. The van der Waals surface area contributed by atoms with Crippen LogP contribution >= 0.6 is 11.6 Å². The first-order valence-corrected chi connectivity index (χ1v) is 6.73. The van der Waals surface area contributed by atoms with E-state index >= 15 is 0 Å². The number of hydrogen-bond donors (Lipinski definition) is 1. The molecule has 19 heavy (non-hydrogen) atoms. The van der Waals surface area contributed by atoms with Crippen LogP contribution in [0.2, 0.25) is 5.02 Å². The minimum atomic E-state index is -0.391. The number of rotatable bonds is 2. The van der Waals surface area contributed by atoms with Gasteiger partial charge in [-0.25, -0.2) is 4.39 Å². The highest BCUT2D eigenvalue weighted by Gasteiger charge is 2.33. The van der Waals surface area contributed by atoms with Gasteiger partial charge in [0, 0.05) is 10.6 Å². The Morgan fingerprint density at radius 1 is 1.11 bits per heavy atom. The summed E-state index contributed by atoms with van der Waals surface area (Å²) in [5.74, 6) is -0.270. The van der Waals surface area contributed by atoms with Crippen molar-refractivity contribution in [2.24, 2.45) is 5.73 Å². The van der Waals surface area contributed by atoms with Gasteiger partial charge in [0.2, 0.25) is 0 Å². The summed E-state index contributed by atoms with van der Waals surface area (Å²) in [4.78, 5) is 0. The molecule has 0 saturated heterocycles. The molecule has 1 nitrogen and oxygen atoms in total. The number of halogens is 2. The number of nitrogens with two attached hydrogens (primary N) is 1. The van der Waals surface area contributed by atoms with Gasteiger partial charge in [-0.3, -0.25) is 0 Å². The van der Waals surface area contributed by atoms with Crippen molar-refractivity contribution in [2.75, 3.05) is 0 Å². The highest BCUT2D eigenvalue weighted by Crippen LogP contribution is 2.31. The van der Waals surface area contributed by atoms with Crippen LogP contribution in [-0.2, 0) is 19.3 Å². The van der Waals surface area contributed by atoms with E-state index in [1.54, 1.807) is 12.1 Å². The summed E-state index contributed by atoms with van der Waals surface area (Å²) >= 11 is 5.77. The Kier molecular flexibility index (Phi) is 3.08. The minimum absolute atomic E-state index is 0.270. The Morgan fingerprint density at radius 3 is 2.32 bits per heavy atom. The zero-order valence-corrected chi connectivity index (χ0v) is 11.3. The van der Waals surface area contributed by atoms with Crippen molar-refractivity contribution in [3.63, 3.8) is 0 Å². The predicted octanol–water partition coefficient (Wildman–Crippen LogP) is 3.52. The summed E-state index contributed by atoms with van der Waals surface area (Å²) < 4.78 is 13.9. The van der Waals surface area contributed by atoms with Gasteiger partial charge in [-0.1, -0.05) is 41.9 Å². The third kappa shape index (κ3) is 2.51. The van der Waals surface area contributed by atoms with Gasteiger partial charge < -0.3 is 5.73 Å². The van der Waals surface area contributed by atoms with Gasteiger partial charge in [0.15, 0.2) is 0 Å². The van der Waals surface area contributed by atoms with Crippen LogP contribution in [0.5, 0.6) is 0 Å². The molecule has 0 aromatic heterocycles. The monoisotopic (exact) mass is 275 g/mol. The second-order valence-corrected chi connectivity index (χ2v) is 5.83. The SMILES string of the molecule is NC1(Cc2ccc(Cl)cc2F)Cc2ccccc2C1. The summed E-state index contributed by atoms with van der Waals surface area (Å²) in [5.41, 5.74) is 9.25. The van der Waals surface area contributed by atoms with Gasteiger partial charge in [0.1, 0.15) is 5.82 Å². The lowest BCUT2D eigenvalue weighted by molar-refractivity contribution is 0.436. The van der Waals surface area contributed by atoms with Gasteiger partial charge in [-0.05, 0) is 48.1 Å². The zero-order valence-electron chi connectivity index (χ0n) is 10.5. The molecule has 3 rings (SSSR count). The second kappa shape index (κ2) is 4.62. The first-order valence-electron chi connectivity index (χ1n) is 6.35. The Bertz CT molecular complexity index is 599. The molecule has 0 aliphatic heterocycles. The van der Waals surface area contributed by atoms with E-state index in [2.05, 4.69) is 12.1 Å². The van der Waals surface area contributed by atoms with Gasteiger partial charge in [0.25, 0.3) is 0 Å². The van der Waals surface area contributed by atoms with E-state index in [1.165, 1.54) is 17.2 Å². The van der Waals surface area contributed by atoms with Crippen molar-refractivity contribution >= 4 is 11.6 Å². The van der Waals surface area contributed by atoms with Crippen LogP contribution in [0.1, 0.15) is 16.7 Å². The Labute approximate surface area is 117 Å². The average Bonchev–Trinajstić information content (AvgIpc) is 2.69. The molecule has 0 saturated carbocycles. The van der Waals surface area contributed by atoms with E-state index in [0.717, 1.165) is 12.8 Å². The molecule has 0 spiro atoms. The zero-order chi connectivity index (χ0) is 13.5. The maximum absolute atomic E-state index is 13.9. The van der Waals surface area contributed by atoms with Crippen molar-refractivity contribution in [2.45, 2.75) is 24.8 Å². The van der Waals surface area contributed by atoms with Crippen LogP contribution < -0.4 is 5.73 Å². The molecule has 1 aliphatic carbocycles. The molecule has 3 heteroatoms. The van der Waals surface area contributed by atoms with Crippen molar-refractivity contribution in [1.29, 1.82) is 0 Å². The first-order chi connectivity index (χ1) is 9.06. The summed E-state index contributed by atoms with van der Waals surface area (Å²) in [6, 6.07) is 13.0. The van der Waals surface area contributed by atoms with E-state index in [1.807, 2.05) is 12.1 Å². The van der Waals surface area contributed by atoms with Gasteiger partial charge in [-0.2, -0.15) is 0 Å². The molecular formula is C16H15ClFN. The highest BCUT2D eigenvalue weighted by molar-refractivity contribution is 6.30. The predicted molar refractivity (Wildman–Crippen MR) is 75.9 cm³/mol. The third-order valence-electron chi connectivity index (χ3n) is 3.76. The van der Waals surface area contributed by atoms with Crippen LogP contribution in [0, 0.1) is 5.82 Å². The molecule has 0 heterocycles. The van der Waals surface area contributed by atoms with E-state index in [0.29, 0.717) is 17.0 Å². The Hall–Kier alpha value is -1.38. The topological polar surface area (TPSA) is 26.0 Å². The number of benzene rings is 2. The normalized spacial score (nSPS) is 16.4. The third-order valence-corrected chi connectivity index (χ3v) is 4.00. The molecular weight excluding hydrogens is 261 g/mol. The fraction of sp³-hybridized carbons (Fsp3) is 0.250. The van der Waals surface area contributed by atoms with Crippen LogP contribution in [0.15, 0.2) is 42.5 Å². The van der Waals surface area contributed by atoms with Gasteiger partial charge in [0.05, 0.1) is 0 Å². The van der Waals surface area contributed by atoms with Gasteiger partial charge in [-0.15, -0.1) is 0 Å². The first kappa shape index (κ1) is 12.6. The lowest BCUT2D eigenvalue weighted by atomic mass is 9.89. The van der Waals surface area contributed by atoms with E-state index in [9.17, 15) is 4.39 Å². The maximum atomic E-state index is 13.9. The van der Waals surface area contributed by atoms with E-state index in [4.69, 9.17) is 17.3 Å². The van der Waals surface area contributed by atoms with Crippen molar-refractivity contribution in [3.05, 3.63) is 70.0 Å². The summed E-state index contributed by atoms with van der Waals surface area (Å²) in [7, 11) is 0. The molecule has 1 aliphatic rings. The summed E-state index contributed by atoms with van der Waals surface area (Å²) in [5, 5.41) is 0.419. The second-order valence-electron chi connectivity index (χ2n) is 5.40. The summed E-state index contributed by atoms with van der Waals surface area (Å²) in [6.45, 7) is 0. The van der Waals surface area contributed by atoms with Crippen molar-refractivity contribution in [3.8, 4) is 0 Å². The van der Waals surface area contributed by atoms with Crippen molar-refractivity contribution in [1.82, 2.24) is 0 Å². The average molecular weight is 276 g/mol. The van der Waals surface area contributed by atoms with Crippen molar-refractivity contribution < 1.29 is 4.39 Å². The van der Waals surface area contributed by atoms with E-state index in [-0.39, 0.29) is 5.82 Å². The molecule has 0 radical (unpaired) electrons. The fourth-order valence-corrected chi connectivity index (χ4v) is 3.05. The van der Waals surface area contributed by atoms with Crippen LogP contribution in [0.25, 0.3) is 0 Å². The molecule has 0 fully saturated rings. The largest absolute Gasteiger partial charge is 0.324 e. The molecule has 0 atom stereocenters. The standard InChI is InChI=1S/C16H15ClFN/c17-14-6-5-13(15(18)7-14)10-16(19)8-11-3-1-2-4-12(11)9-16/h1-7H,8-10,19H2. The van der Waals surface area contributed by atoms with Gasteiger partial charge >= 0.3 is 0 Å². The number of hydrogen-bond acceptors (Lipinski definition) is 1. The summed E-state index contributed by atoms with van der Waals surface area (Å²) in [6.07, 6.45) is 2.13. The lowest BCUT2D eigenvalue weighted by Gasteiger charge is -2.24. The molecule has 98 valence electrons. The van der Waals surface area contributed by atoms with Crippen LogP contribution in [0.3, 0.4) is 0 Å². The molecule has 2 N–H and O–H groups in total. The highest BCUT2D eigenvalue weighted by atomic mass is 35.5. The molecule has 2 aromatic rings. The fourth-order valence-electron chi connectivity index (χ4n) is 2.89. The lowest BCUT2D eigenvalue weighted by Crippen LogP contribution is -2.43. The maximum Gasteiger partial charge on any atom is 0.127 e. The quantitative estimate of drug-likeness (QED) is 0.892. The molecule has 0 bridgehead atoms. The smallest absolute Gasteiger partial charge is 0.127 e. The molecule has 0 unspecified atom stereocenters. The minimum Gasteiger partial charge on any atom is -0.324 e. The van der Waals surface area contributed by atoms with Crippen LogP contribution in [0.4, 0.5) is 4.39 Å². The Balaban J connectivity index is 1.85. The number of fused-ring (bicyclic) bond motifs is 1. The van der Waals surface area contributed by atoms with Crippen LogP contribution in [-0.4, -0.2) is 5.54 Å². The molecule has 0 amide bonds. The van der Waals surface area contributed by atoms with E-state index < -0.39 is 5.54 Å².